The second-order valence-corrected chi connectivity index (χ2v) is 10.2. The first-order valence-corrected chi connectivity index (χ1v) is 14.5. The summed E-state index contributed by atoms with van der Waals surface area (Å²) in [5.74, 6) is 2.62. The molecule has 0 aliphatic carbocycles. The van der Waals surface area contributed by atoms with Gasteiger partial charge in [-0.3, -0.25) is 4.79 Å². The molecule has 0 saturated carbocycles. The van der Waals surface area contributed by atoms with Crippen LogP contribution in [-0.4, -0.2) is 58.7 Å². The number of hydrogen-bond acceptors (Lipinski definition) is 11. The average Bonchev–Trinajstić information content (AvgIpc) is 3.07. The monoisotopic (exact) mass is 636 g/mol. The lowest BCUT2D eigenvalue weighted by Crippen LogP contribution is -2.12. The van der Waals surface area contributed by atoms with E-state index in [1.54, 1.807) is 48.7 Å². The van der Waals surface area contributed by atoms with Crippen LogP contribution in [0.15, 0.2) is 57.9 Å². The molecule has 0 N–H and O–H groups in total. The summed E-state index contributed by atoms with van der Waals surface area (Å²) in [6.45, 7) is 0.699. The number of fused-ring (bicyclic) bond motifs is 2. The van der Waals surface area contributed by atoms with Gasteiger partial charge in [0.05, 0.1) is 66.0 Å². The summed E-state index contributed by atoms with van der Waals surface area (Å²) in [6, 6.07) is 11.9. The average molecular weight is 637 g/mol. The number of aromatic nitrogens is 2. The number of halogens is 1. The molecule has 2 aromatic heterocycles. The van der Waals surface area contributed by atoms with Gasteiger partial charge in [0.1, 0.15) is 22.5 Å². The van der Waals surface area contributed by atoms with Crippen molar-refractivity contribution in [2.75, 3.05) is 48.8 Å². The SMILES string of the molecule is COc1cc(OC)c2c(=O)c(OCCCCCOc3cnc4cc(Cl)ccc4n3)c(-c3cc(OC)c(OC)c(OC)c3)oc2c1. The zero-order valence-electron chi connectivity index (χ0n) is 25.6. The van der Waals surface area contributed by atoms with Gasteiger partial charge in [0.2, 0.25) is 22.8 Å². The van der Waals surface area contributed by atoms with Crippen LogP contribution >= 0.6 is 11.6 Å². The minimum Gasteiger partial charge on any atom is -0.496 e. The maximum Gasteiger partial charge on any atom is 0.239 e. The largest absolute Gasteiger partial charge is 0.496 e. The van der Waals surface area contributed by atoms with Gasteiger partial charge < -0.3 is 37.6 Å². The summed E-state index contributed by atoms with van der Waals surface area (Å²) >= 11 is 6.02. The molecule has 5 rings (SSSR count). The van der Waals surface area contributed by atoms with Crippen LogP contribution in [0.3, 0.4) is 0 Å². The molecule has 0 aliphatic heterocycles. The van der Waals surface area contributed by atoms with Crippen molar-refractivity contribution in [3.8, 4) is 51.7 Å². The Balaban J connectivity index is 1.36. The second kappa shape index (κ2) is 14.3. The van der Waals surface area contributed by atoms with Crippen molar-refractivity contribution in [1.82, 2.24) is 9.97 Å². The van der Waals surface area contributed by atoms with Crippen molar-refractivity contribution >= 4 is 33.6 Å². The normalized spacial score (nSPS) is 11.0. The predicted octanol–water partition coefficient (Wildman–Crippen LogP) is 6.73. The van der Waals surface area contributed by atoms with E-state index in [1.165, 1.54) is 35.5 Å². The first kappa shape index (κ1) is 31.5. The molecule has 45 heavy (non-hydrogen) atoms. The molecule has 0 spiro atoms. The maximum absolute atomic E-state index is 13.9. The molecular formula is C33H33ClN2O9. The van der Waals surface area contributed by atoms with E-state index >= 15 is 0 Å². The molecule has 0 unspecified atom stereocenters. The first-order chi connectivity index (χ1) is 21.9. The minimum atomic E-state index is -0.390. The number of ether oxygens (including phenoxy) is 7. The van der Waals surface area contributed by atoms with E-state index in [2.05, 4.69) is 9.97 Å². The fraction of sp³-hybridized carbons (Fsp3) is 0.303. The molecule has 0 radical (unpaired) electrons. The standard InChI is InChI=1S/C33H33ClN2O9/c1-38-21-16-24(39-2)29-25(17-21)45-31(19-13-26(40-3)32(42-5)27(14-19)41-4)33(30(29)37)44-12-8-6-7-11-43-28-18-35-23-15-20(34)9-10-22(23)36-28/h9-10,13-18H,6-8,11-12H2,1-5H3. The van der Waals surface area contributed by atoms with Crippen LogP contribution in [0, 0.1) is 0 Å². The highest BCUT2D eigenvalue weighted by molar-refractivity contribution is 6.31. The van der Waals surface area contributed by atoms with Gasteiger partial charge >= 0.3 is 0 Å². The smallest absolute Gasteiger partial charge is 0.239 e. The van der Waals surface area contributed by atoms with Crippen molar-refractivity contribution in [1.29, 1.82) is 0 Å². The highest BCUT2D eigenvalue weighted by Crippen LogP contribution is 2.44. The lowest BCUT2D eigenvalue weighted by atomic mass is 10.1. The Morgan fingerprint density at radius 1 is 0.733 bits per heavy atom. The van der Waals surface area contributed by atoms with Crippen molar-refractivity contribution < 1.29 is 37.6 Å². The van der Waals surface area contributed by atoms with Gasteiger partial charge in [-0.2, -0.15) is 0 Å². The lowest BCUT2D eigenvalue weighted by molar-refractivity contribution is 0.271. The summed E-state index contributed by atoms with van der Waals surface area (Å²) < 4.78 is 45.7. The number of methoxy groups -OCH3 is 5. The Labute approximate surface area is 264 Å². The van der Waals surface area contributed by atoms with Crippen LogP contribution in [0.4, 0.5) is 0 Å². The number of nitrogens with zero attached hydrogens (tertiary/aromatic N) is 2. The quantitative estimate of drug-likeness (QED) is 0.121. The third kappa shape index (κ3) is 6.78. The van der Waals surface area contributed by atoms with E-state index in [1.807, 2.05) is 0 Å². The maximum atomic E-state index is 13.9. The molecule has 236 valence electrons. The highest BCUT2D eigenvalue weighted by Gasteiger charge is 2.24. The second-order valence-electron chi connectivity index (χ2n) is 9.81. The molecule has 0 aliphatic rings. The summed E-state index contributed by atoms with van der Waals surface area (Å²) in [4.78, 5) is 22.8. The Hall–Kier alpha value is -4.90. The molecule has 11 nitrogen and oxygen atoms in total. The summed E-state index contributed by atoms with van der Waals surface area (Å²) in [7, 11) is 7.53. The van der Waals surface area contributed by atoms with Gasteiger partial charge in [0.25, 0.3) is 0 Å². The topological polar surface area (TPSA) is 121 Å². The van der Waals surface area contributed by atoms with E-state index in [0.717, 1.165) is 12.8 Å². The predicted molar refractivity (Wildman–Crippen MR) is 170 cm³/mol. The van der Waals surface area contributed by atoms with E-state index in [9.17, 15) is 4.79 Å². The van der Waals surface area contributed by atoms with Gasteiger partial charge in [-0.25, -0.2) is 9.97 Å². The Kier molecular flexibility index (Phi) is 9.99. The number of hydrogen-bond donors (Lipinski definition) is 0. The van der Waals surface area contributed by atoms with Crippen molar-refractivity contribution in [3.05, 3.63) is 63.9 Å². The van der Waals surface area contributed by atoms with E-state index in [0.29, 0.717) is 69.3 Å². The minimum absolute atomic E-state index is 0.0306. The lowest BCUT2D eigenvalue weighted by Gasteiger charge is -2.17. The van der Waals surface area contributed by atoms with Gasteiger partial charge in [0, 0.05) is 22.7 Å². The molecule has 0 amide bonds. The summed E-state index contributed by atoms with van der Waals surface area (Å²) in [5.41, 5.74) is 1.78. The molecule has 0 atom stereocenters. The van der Waals surface area contributed by atoms with Gasteiger partial charge in [-0.15, -0.1) is 0 Å². The van der Waals surface area contributed by atoms with E-state index in [-0.39, 0.29) is 34.5 Å². The number of benzene rings is 3. The van der Waals surface area contributed by atoms with Crippen LogP contribution in [-0.2, 0) is 0 Å². The highest BCUT2D eigenvalue weighted by atomic mass is 35.5. The van der Waals surface area contributed by atoms with Crippen LogP contribution in [0.1, 0.15) is 19.3 Å². The molecule has 0 bridgehead atoms. The van der Waals surface area contributed by atoms with Crippen LogP contribution < -0.4 is 38.6 Å². The number of unbranched alkanes of at least 4 members (excludes halogenated alkanes) is 2. The van der Waals surface area contributed by atoms with Gasteiger partial charge in [-0.05, 0) is 49.6 Å². The van der Waals surface area contributed by atoms with Crippen molar-refractivity contribution in [3.63, 3.8) is 0 Å². The van der Waals surface area contributed by atoms with Crippen LogP contribution in [0.2, 0.25) is 5.02 Å². The zero-order valence-corrected chi connectivity index (χ0v) is 26.4. The molecule has 0 fully saturated rings. The Bertz CT molecular complexity index is 1850. The molecule has 5 aromatic rings. The molecule has 12 heteroatoms. The molecule has 0 saturated heterocycles. The third-order valence-electron chi connectivity index (χ3n) is 7.04. The summed E-state index contributed by atoms with van der Waals surface area (Å²) in [5, 5.41) is 0.834. The van der Waals surface area contributed by atoms with Gasteiger partial charge in [-0.1, -0.05) is 11.6 Å². The zero-order chi connectivity index (χ0) is 31.9. The Morgan fingerprint density at radius 2 is 1.44 bits per heavy atom. The Morgan fingerprint density at radius 3 is 2.11 bits per heavy atom. The van der Waals surface area contributed by atoms with Crippen molar-refractivity contribution in [2.24, 2.45) is 0 Å². The van der Waals surface area contributed by atoms with E-state index < -0.39 is 0 Å². The number of rotatable bonds is 14. The molecule has 3 aromatic carbocycles. The van der Waals surface area contributed by atoms with Gasteiger partial charge in [0.15, 0.2) is 17.3 Å². The molecule has 2 heterocycles. The fourth-order valence-corrected chi connectivity index (χ4v) is 4.99. The molecular weight excluding hydrogens is 604 g/mol. The summed E-state index contributed by atoms with van der Waals surface area (Å²) in [6.07, 6.45) is 3.74. The first-order valence-electron chi connectivity index (χ1n) is 14.1. The van der Waals surface area contributed by atoms with Crippen LogP contribution in [0.25, 0.3) is 33.3 Å². The third-order valence-corrected chi connectivity index (χ3v) is 7.28. The fourth-order valence-electron chi connectivity index (χ4n) is 4.82. The van der Waals surface area contributed by atoms with Crippen molar-refractivity contribution in [2.45, 2.75) is 19.3 Å². The van der Waals surface area contributed by atoms with Crippen LogP contribution in [0.5, 0.6) is 40.4 Å². The van der Waals surface area contributed by atoms with E-state index in [4.69, 9.17) is 49.2 Å².